The molecule has 1 aliphatic rings. The van der Waals surface area contributed by atoms with Gasteiger partial charge in [0.15, 0.2) is 0 Å². The summed E-state index contributed by atoms with van der Waals surface area (Å²) in [5.74, 6) is -0.0387. The number of thiophene rings is 1. The van der Waals surface area contributed by atoms with Gasteiger partial charge in [0.25, 0.3) is 0 Å². The van der Waals surface area contributed by atoms with E-state index in [-0.39, 0.29) is 11.9 Å². The van der Waals surface area contributed by atoms with Gasteiger partial charge in [-0.05, 0) is 22.6 Å². The van der Waals surface area contributed by atoms with Crippen LogP contribution in [0.25, 0.3) is 0 Å². The van der Waals surface area contributed by atoms with E-state index in [1.165, 1.54) is 0 Å². The minimum atomic E-state index is -0.523. The minimum Gasteiger partial charge on any atom is -0.390 e. The lowest BCUT2D eigenvalue weighted by atomic mass is 10.1. The van der Waals surface area contributed by atoms with E-state index in [2.05, 4.69) is 5.32 Å². The Kier molecular flexibility index (Phi) is 3.36. The number of aliphatic hydroxyl groups excluding tert-OH is 1. The lowest BCUT2D eigenvalue weighted by Crippen LogP contribution is -2.34. The average Bonchev–Trinajstić information content (AvgIpc) is 2.99. The quantitative estimate of drug-likeness (QED) is 0.899. The lowest BCUT2D eigenvalue weighted by Gasteiger charge is -2.17. The molecule has 1 aromatic carbocycles. The van der Waals surface area contributed by atoms with E-state index in [4.69, 9.17) is 0 Å². The Morgan fingerprint density at radius 3 is 2.95 bits per heavy atom. The summed E-state index contributed by atoms with van der Waals surface area (Å²) >= 11 is 1.57. The molecule has 3 nitrogen and oxygen atoms in total. The van der Waals surface area contributed by atoms with Crippen molar-refractivity contribution in [3.05, 3.63) is 57.8 Å². The van der Waals surface area contributed by atoms with Gasteiger partial charge in [-0.25, -0.2) is 0 Å². The minimum absolute atomic E-state index is 0.0387. The number of hydrogen-bond donors (Lipinski definition) is 2. The van der Waals surface area contributed by atoms with Gasteiger partial charge in [0.2, 0.25) is 5.91 Å². The first-order chi connectivity index (χ1) is 9.24. The van der Waals surface area contributed by atoms with Crippen LogP contribution in [0.15, 0.2) is 41.8 Å². The molecule has 3 rings (SSSR count). The van der Waals surface area contributed by atoms with Crippen molar-refractivity contribution in [2.75, 3.05) is 0 Å². The first-order valence-corrected chi connectivity index (χ1v) is 7.19. The molecule has 19 heavy (non-hydrogen) atoms. The lowest BCUT2D eigenvalue weighted by molar-refractivity contribution is -0.121. The van der Waals surface area contributed by atoms with E-state index >= 15 is 0 Å². The Balaban J connectivity index is 1.71. The Morgan fingerprint density at radius 1 is 1.32 bits per heavy atom. The third kappa shape index (κ3) is 2.55. The molecule has 0 fully saturated rings. The van der Waals surface area contributed by atoms with Crippen LogP contribution in [-0.4, -0.2) is 17.1 Å². The molecule has 0 aliphatic heterocycles. The summed E-state index contributed by atoms with van der Waals surface area (Å²) in [6.45, 7) is 0. The number of benzene rings is 1. The Labute approximate surface area is 115 Å². The number of carbonyl (C=O) groups is 1. The molecule has 4 heteroatoms. The number of hydrogen-bond acceptors (Lipinski definition) is 3. The zero-order valence-corrected chi connectivity index (χ0v) is 11.2. The van der Waals surface area contributed by atoms with Crippen LogP contribution in [0, 0.1) is 0 Å². The van der Waals surface area contributed by atoms with Gasteiger partial charge in [-0.1, -0.05) is 30.3 Å². The summed E-state index contributed by atoms with van der Waals surface area (Å²) in [6.07, 6.45) is 0.466. The van der Waals surface area contributed by atoms with Crippen molar-refractivity contribution in [2.24, 2.45) is 0 Å². The molecule has 1 heterocycles. The number of nitrogens with one attached hydrogen (secondary N) is 1. The van der Waals surface area contributed by atoms with E-state index in [0.717, 1.165) is 16.0 Å². The van der Waals surface area contributed by atoms with Crippen LogP contribution in [0.1, 0.15) is 22.0 Å². The summed E-state index contributed by atoms with van der Waals surface area (Å²) in [5, 5.41) is 15.0. The predicted molar refractivity (Wildman–Crippen MR) is 75.1 cm³/mol. The van der Waals surface area contributed by atoms with Crippen LogP contribution in [0.3, 0.4) is 0 Å². The van der Waals surface area contributed by atoms with Crippen LogP contribution in [0.5, 0.6) is 0 Å². The van der Waals surface area contributed by atoms with Gasteiger partial charge in [0, 0.05) is 11.3 Å². The summed E-state index contributed by atoms with van der Waals surface area (Å²) in [6, 6.07) is 11.5. The maximum Gasteiger partial charge on any atom is 0.225 e. The second-order valence-electron chi connectivity index (χ2n) is 4.77. The Hall–Kier alpha value is -1.65. The van der Waals surface area contributed by atoms with Crippen LogP contribution in [0.2, 0.25) is 0 Å². The van der Waals surface area contributed by atoms with Crippen molar-refractivity contribution in [1.29, 1.82) is 0 Å². The molecular weight excluding hydrogens is 258 g/mol. The number of aliphatic hydroxyl groups is 1. The second kappa shape index (κ2) is 5.15. The van der Waals surface area contributed by atoms with Crippen LogP contribution in [0.4, 0.5) is 0 Å². The molecule has 0 radical (unpaired) electrons. The highest BCUT2D eigenvalue weighted by molar-refractivity contribution is 7.10. The largest absolute Gasteiger partial charge is 0.390 e. The molecule has 2 aromatic rings. The van der Waals surface area contributed by atoms with Gasteiger partial charge < -0.3 is 10.4 Å². The van der Waals surface area contributed by atoms with Gasteiger partial charge >= 0.3 is 0 Å². The highest BCUT2D eigenvalue weighted by atomic mass is 32.1. The van der Waals surface area contributed by atoms with Gasteiger partial charge in [0.05, 0.1) is 18.6 Å². The fourth-order valence-corrected chi connectivity index (χ4v) is 3.25. The van der Waals surface area contributed by atoms with Crippen molar-refractivity contribution in [1.82, 2.24) is 5.32 Å². The molecule has 98 valence electrons. The third-order valence-corrected chi connectivity index (χ3v) is 4.31. The van der Waals surface area contributed by atoms with Crippen LogP contribution in [-0.2, 0) is 17.6 Å². The molecule has 2 N–H and O–H groups in total. The first-order valence-electron chi connectivity index (χ1n) is 6.31. The molecule has 0 saturated heterocycles. The highest BCUT2D eigenvalue weighted by Crippen LogP contribution is 2.31. The Morgan fingerprint density at radius 2 is 2.16 bits per heavy atom. The van der Waals surface area contributed by atoms with Gasteiger partial charge in [0.1, 0.15) is 0 Å². The fourth-order valence-electron chi connectivity index (χ4n) is 2.54. The fraction of sp³-hybridized carbons (Fsp3) is 0.267. The van der Waals surface area contributed by atoms with Gasteiger partial charge in [-0.15, -0.1) is 11.3 Å². The predicted octanol–water partition coefficient (Wildman–Crippen LogP) is 2.07. The van der Waals surface area contributed by atoms with E-state index in [1.807, 2.05) is 41.8 Å². The second-order valence-corrected chi connectivity index (χ2v) is 5.80. The summed E-state index contributed by atoms with van der Waals surface area (Å²) in [4.78, 5) is 13.0. The first kappa shape index (κ1) is 12.4. The average molecular weight is 273 g/mol. The number of fused-ring (bicyclic) bond motifs is 1. The molecular formula is C15H15NO2S. The summed E-state index contributed by atoms with van der Waals surface area (Å²) in [7, 11) is 0. The van der Waals surface area contributed by atoms with E-state index in [0.29, 0.717) is 12.8 Å². The zero-order valence-electron chi connectivity index (χ0n) is 10.4. The number of rotatable bonds is 3. The van der Waals surface area contributed by atoms with Crippen molar-refractivity contribution in [3.8, 4) is 0 Å². The maximum atomic E-state index is 12.0. The van der Waals surface area contributed by atoms with Crippen molar-refractivity contribution in [3.63, 3.8) is 0 Å². The van der Waals surface area contributed by atoms with E-state index in [9.17, 15) is 9.90 Å². The third-order valence-electron chi connectivity index (χ3n) is 3.44. The van der Waals surface area contributed by atoms with Crippen LogP contribution >= 0.6 is 11.3 Å². The molecule has 0 bridgehead atoms. The summed E-state index contributed by atoms with van der Waals surface area (Å²) < 4.78 is 0. The van der Waals surface area contributed by atoms with Crippen molar-refractivity contribution in [2.45, 2.75) is 25.0 Å². The molecule has 2 unspecified atom stereocenters. The van der Waals surface area contributed by atoms with Gasteiger partial charge in [-0.2, -0.15) is 0 Å². The topological polar surface area (TPSA) is 49.3 Å². The monoisotopic (exact) mass is 273 g/mol. The van der Waals surface area contributed by atoms with Crippen LogP contribution < -0.4 is 5.32 Å². The van der Waals surface area contributed by atoms with Crippen molar-refractivity contribution < 1.29 is 9.90 Å². The molecule has 1 amide bonds. The summed E-state index contributed by atoms with van der Waals surface area (Å²) in [5.41, 5.74) is 2.16. The number of carbonyl (C=O) groups excluding carboxylic acids is 1. The van der Waals surface area contributed by atoms with E-state index < -0.39 is 6.10 Å². The highest BCUT2D eigenvalue weighted by Gasteiger charge is 2.31. The standard InChI is InChI=1S/C15H15NO2S/c17-13-8-10-4-1-2-6-12(10)15(13)16-14(18)9-11-5-3-7-19-11/h1-7,13,15,17H,8-9H2,(H,16,18). The molecule has 2 atom stereocenters. The number of amides is 1. The normalized spacial score (nSPS) is 21.1. The van der Waals surface area contributed by atoms with Crippen molar-refractivity contribution >= 4 is 17.2 Å². The smallest absolute Gasteiger partial charge is 0.225 e. The molecule has 0 saturated carbocycles. The SMILES string of the molecule is O=C(Cc1cccs1)NC1c2ccccc2CC1O. The molecule has 1 aliphatic carbocycles. The molecule has 1 aromatic heterocycles. The van der Waals surface area contributed by atoms with E-state index in [1.54, 1.807) is 11.3 Å². The Bertz CT molecular complexity index is 580. The maximum absolute atomic E-state index is 12.0. The zero-order chi connectivity index (χ0) is 13.2. The molecule has 0 spiro atoms. The van der Waals surface area contributed by atoms with Gasteiger partial charge in [-0.3, -0.25) is 4.79 Å².